The quantitative estimate of drug-likeness (QED) is 0.654. The third kappa shape index (κ3) is 4.94. The van der Waals surface area contributed by atoms with Gasteiger partial charge in [-0.1, -0.05) is 0 Å². The summed E-state index contributed by atoms with van der Waals surface area (Å²) in [5.74, 6) is 0.822. The first kappa shape index (κ1) is 12.0. The fraction of sp³-hybridized carbons (Fsp3) is 1.00. The van der Waals surface area contributed by atoms with Gasteiger partial charge in [0.1, 0.15) is 0 Å². The van der Waals surface area contributed by atoms with E-state index in [9.17, 15) is 0 Å². The molecule has 0 radical (unpaired) electrons. The highest BCUT2D eigenvalue weighted by Crippen LogP contribution is 2.15. The SMILES string of the molecule is CN(CCCCO)CC1CCOCC1. The summed E-state index contributed by atoms with van der Waals surface area (Å²) in [4.78, 5) is 2.38. The summed E-state index contributed by atoms with van der Waals surface area (Å²) in [5.41, 5.74) is 0. The van der Waals surface area contributed by atoms with Gasteiger partial charge >= 0.3 is 0 Å². The Morgan fingerprint density at radius 3 is 2.64 bits per heavy atom. The summed E-state index contributed by atoms with van der Waals surface area (Å²) in [5, 5.41) is 8.67. The number of unbranched alkanes of at least 4 members (excludes halogenated alkanes) is 1. The van der Waals surface area contributed by atoms with Crippen molar-refractivity contribution >= 4 is 0 Å². The molecule has 1 heterocycles. The van der Waals surface area contributed by atoms with E-state index in [-0.39, 0.29) is 0 Å². The van der Waals surface area contributed by atoms with Crippen LogP contribution in [0.5, 0.6) is 0 Å². The van der Waals surface area contributed by atoms with Crippen molar-refractivity contribution in [3.05, 3.63) is 0 Å². The molecule has 1 saturated heterocycles. The van der Waals surface area contributed by atoms with E-state index in [1.165, 1.54) is 19.4 Å². The maximum absolute atomic E-state index is 8.67. The molecule has 0 aliphatic carbocycles. The largest absolute Gasteiger partial charge is 0.396 e. The van der Waals surface area contributed by atoms with E-state index in [2.05, 4.69) is 11.9 Å². The summed E-state index contributed by atoms with van der Waals surface area (Å²) < 4.78 is 5.33. The minimum Gasteiger partial charge on any atom is -0.396 e. The van der Waals surface area contributed by atoms with Crippen LogP contribution in [-0.4, -0.2) is 50.0 Å². The molecule has 3 heteroatoms. The van der Waals surface area contributed by atoms with Gasteiger partial charge < -0.3 is 14.7 Å². The van der Waals surface area contributed by atoms with Crippen molar-refractivity contribution in [1.29, 1.82) is 0 Å². The second-order valence-electron chi connectivity index (χ2n) is 4.25. The van der Waals surface area contributed by atoms with E-state index in [1.807, 2.05) is 0 Å². The lowest BCUT2D eigenvalue weighted by atomic mass is 10.00. The van der Waals surface area contributed by atoms with Crippen LogP contribution in [0.1, 0.15) is 25.7 Å². The van der Waals surface area contributed by atoms with Crippen molar-refractivity contribution in [2.24, 2.45) is 5.92 Å². The van der Waals surface area contributed by atoms with Crippen molar-refractivity contribution in [1.82, 2.24) is 4.90 Å². The standard InChI is InChI=1S/C11H23NO2/c1-12(6-2-3-7-13)10-11-4-8-14-9-5-11/h11,13H,2-10H2,1H3. The molecule has 1 rings (SSSR count). The Balaban J connectivity index is 2.03. The monoisotopic (exact) mass is 201 g/mol. The Kier molecular flexibility index (Phi) is 6.15. The first-order valence-electron chi connectivity index (χ1n) is 5.70. The molecule has 1 fully saturated rings. The lowest BCUT2D eigenvalue weighted by Gasteiger charge is -2.27. The van der Waals surface area contributed by atoms with Crippen LogP contribution < -0.4 is 0 Å². The van der Waals surface area contributed by atoms with E-state index in [4.69, 9.17) is 9.84 Å². The van der Waals surface area contributed by atoms with Gasteiger partial charge in [0, 0.05) is 26.4 Å². The molecule has 84 valence electrons. The van der Waals surface area contributed by atoms with Gasteiger partial charge in [-0.2, -0.15) is 0 Å². The van der Waals surface area contributed by atoms with Gasteiger partial charge in [0.05, 0.1) is 0 Å². The summed E-state index contributed by atoms with van der Waals surface area (Å²) >= 11 is 0. The van der Waals surface area contributed by atoms with Gasteiger partial charge in [-0.05, 0) is 45.2 Å². The Morgan fingerprint density at radius 1 is 1.29 bits per heavy atom. The van der Waals surface area contributed by atoms with Crippen LogP contribution in [0.3, 0.4) is 0 Å². The number of nitrogens with zero attached hydrogens (tertiary/aromatic N) is 1. The van der Waals surface area contributed by atoms with Gasteiger partial charge in [-0.3, -0.25) is 0 Å². The van der Waals surface area contributed by atoms with Crippen LogP contribution in [0, 0.1) is 5.92 Å². The average molecular weight is 201 g/mol. The molecule has 0 aromatic carbocycles. The molecule has 0 bridgehead atoms. The van der Waals surface area contributed by atoms with Gasteiger partial charge in [0.25, 0.3) is 0 Å². The summed E-state index contributed by atoms with van der Waals surface area (Å²) in [6.07, 6.45) is 4.46. The Labute approximate surface area is 87.1 Å². The van der Waals surface area contributed by atoms with E-state index >= 15 is 0 Å². The number of aliphatic hydroxyl groups is 1. The minimum atomic E-state index is 0.325. The smallest absolute Gasteiger partial charge is 0.0469 e. The molecule has 0 spiro atoms. The molecule has 1 N–H and O–H groups in total. The number of hydrogen-bond acceptors (Lipinski definition) is 3. The normalized spacial score (nSPS) is 19.1. The van der Waals surface area contributed by atoms with Gasteiger partial charge in [0.2, 0.25) is 0 Å². The fourth-order valence-electron chi connectivity index (χ4n) is 1.95. The first-order valence-corrected chi connectivity index (χ1v) is 5.70. The van der Waals surface area contributed by atoms with E-state index in [1.54, 1.807) is 0 Å². The maximum Gasteiger partial charge on any atom is 0.0469 e. The van der Waals surface area contributed by atoms with E-state index in [0.29, 0.717) is 6.61 Å². The third-order valence-electron chi connectivity index (χ3n) is 2.86. The summed E-state index contributed by atoms with van der Waals surface area (Å²) in [6.45, 7) is 4.50. The van der Waals surface area contributed by atoms with Crippen LogP contribution in [-0.2, 0) is 4.74 Å². The van der Waals surface area contributed by atoms with Crippen LogP contribution in [0.4, 0.5) is 0 Å². The van der Waals surface area contributed by atoms with Crippen molar-refractivity contribution in [2.75, 3.05) is 40.0 Å². The average Bonchev–Trinajstić information content (AvgIpc) is 2.20. The zero-order valence-electron chi connectivity index (χ0n) is 9.24. The van der Waals surface area contributed by atoms with Crippen LogP contribution in [0.25, 0.3) is 0 Å². The summed E-state index contributed by atoms with van der Waals surface area (Å²) in [6, 6.07) is 0. The van der Waals surface area contributed by atoms with Crippen molar-refractivity contribution in [3.63, 3.8) is 0 Å². The van der Waals surface area contributed by atoms with Crippen molar-refractivity contribution < 1.29 is 9.84 Å². The first-order chi connectivity index (χ1) is 6.83. The lowest BCUT2D eigenvalue weighted by Crippen LogP contribution is -2.30. The molecular weight excluding hydrogens is 178 g/mol. The molecule has 0 amide bonds. The van der Waals surface area contributed by atoms with Crippen molar-refractivity contribution in [3.8, 4) is 0 Å². The Morgan fingerprint density at radius 2 is 2.00 bits per heavy atom. The molecule has 0 unspecified atom stereocenters. The number of rotatable bonds is 6. The highest BCUT2D eigenvalue weighted by Gasteiger charge is 2.15. The van der Waals surface area contributed by atoms with Gasteiger partial charge in [-0.25, -0.2) is 0 Å². The highest BCUT2D eigenvalue weighted by molar-refractivity contribution is 4.67. The minimum absolute atomic E-state index is 0.325. The van der Waals surface area contributed by atoms with Crippen molar-refractivity contribution in [2.45, 2.75) is 25.7 Å². The van der Waals surface area contributed by atoms with Gasteiger partial charge in [-0.15, -0.1) is 0 Å². The second-order valence-corrected chi connectivity index (χ2v) is 4.25. The molecule has 0 aromatic rings. The molecule has 1 aliphatic heterocycles. The topological polar surface area (TPSA) is 32.7 Å². The molecular formula is C11H23NO2. The van der Waals surface area contributed by atoms with Crippen LogP contribution in [0.2, 0.25) is 0 Å². The molecule has 0 saturated carbocycles. The fourth-order valence-corrected chi connectivity index (χ4v) is 1.95. The maximum atomic E-state index is 8.67. The summed E-state index contributed by atoms with van der Waals surface area (Å²) in [7, 11) is 2.17. The second kappa shape index (κ2) is 7.21. The zero-order chi connectivity index (χ0) is 10.2. The molecule has 0 aromatic heterocycles. The third-order valence-corrected chi connectivity index (χ3v) is 2.86. The number of hydrogen-bond donors (Lipinski definition) is 1. The van der Waals surface area contributed by atoms with Crippen LogP contribution in [0.15, 0.2) is 0 Å². The predicted molar refractivity (Wildman–Crippen MR) is 57.4 cm³/mol. The van der Waals surface area contributed by atoms with Crippen LogP contribution >= 0.6 is 0 Å². The Bertz CT molecular complexity index is 135. The predicted octanol–water partition coefficient (Wildman–Crippen LogP) is 1.12. The van der Waals surface area contributed by atoms with E-state index < -0.39 is 0 Å². The van der Waals surface area contributed by atoms with E-state index in [0.717, 1.165) is 38.5 Å². The molecule has 0 atom stereocenters. The highest BCUT2D eigenvalue weighted by atomic mass is 16.5. The lowest BCUT2D eigenvalue weighted by molar-refractivity contribution is 0.0554. The van der Waals surface area contributed by atoms with Gasteiger partial charge in [0.15, 0.2) is 0 Å². The Hall–Kier alpha value is -0.120. The number of aliphatic hydroxyl groups excluding tert-OH is 1. The number of ether oxygens (including phenoxy) is 1. The zero-order valence-corrected chi connectivity index (χ0v) is 9.24. The molecule has 1 aliphatic rings. The molecule has 14 heavy (non-hydrogen) atoms. The molecule has 3 nitrogen and oxygen atoms in total.